The van der Waals surface area contributed by atoms with Crippen LogP contribution in [0.3, 0.4) is 0 Å². The van der Waals surface area contributed by atoms with Crippen LogP contribution in [0.5, 0.6) is 11.5 Å². The number of hydrogen-bond donors (Lipinski definition) is 0. The molecule has 0 radical (unpaired) electrons. The van der Waals surface area contributed by atoms with E-state index in [9.17, 15) is 13.2 Å². The van der Waals surface area contributed by atoms with Crippen LogP contribution in [0.15, 0.2) is 83.8 Å². The van der Waals surface area contributed by atoms with Crippen molar-refractivity contribution in [2.45, 2.75) is 10.1 Å². The fraction of sp³-hybridized carbons (Fsp3) is 0.208. The highest BCUT2D eigenvalue weighted by Gasteiger charge is 2.40. The topological polar surface area (TPSA) is 72.9 Å². The van der Waals surface area contributed by atoms with Crippen LogP contribution in [0.25, 0.3) is 11.1 Å². The third kappa shape index (κ3) is 4.56. The predicted molar refractivity (Wildman–Crippen MR) is 118 cm³/mol. The first-order chi connectivity index (χ1) is 15.0. The van der Waals surface area contributed by atoms with Crippen LogP contribution in [0.4, 0.5) is 0 Å². The lowest BCUT2D eigenvalue weighted by Crippen LogP contribution is -2.57. The average molecular weight is 438 g/mol. The van der Waals surface area contributed by atoms with Crippen LogP contribution in [0.2, 0.25) is 0 Å². The Hall–Kier alpha value is -3.32. The van der Waals surface area contributed by atoms with Gasteiger partial charge >= 0.3 is 0 Å². The third-order valence-corrected chi connectivity index (χ3v) is 7.46. The first-order valence-corrected chi connectivity index (χ1v) is 11.5. The summed E-state index contributed by atoms with van der Waals surface area (Å²) in [6.45, 7) is 0.215. The van der Waals surface area contributed by atoms with Crippen LogP contribution in [0, 0.1) is 0 Å². The molecule has 31 heavy (non-hydrogen) atoms. The van der Waals surface area contributed by atoms with Crippen molar-refractivity contribution in [1.29, 1.82) is 0 Å². The lowest BCUT2D eigenvalue weighted by Gasteiger charge is -2.38. The maximum Gasteiger partial charge on any atom is 0.260 e. The standard InChI is InChI=1S/C24H23NO5S/c1-29-20-11-13-22(14-12-20)31(27,28)23-15-25(16-23)24(26)17-30-21-9-7-19(8-10-21)18-5-3-2-4-6-18/h2-14,23H,15-17H2,1H3. The lowest BCUT2D eigenvalue weighted by molar-refractivity contribution is -0.136. The molecule has 0 atom stereocenters. The zero-order chi connectivity index (χ0) is 21.8. The summed E-state index contributed by atoms with van der Waals surface area (Å²) in [4.78, 5) is 14.1. The number of ether oxygens (including phenoxy) is 2. The number of sulfone groups is 1. The van der Waals surface area contributed by atoms with Gasteiger partial charge in [0.05, 0.1) is 12.0 Å². The van der Waals surface area contributed by atoms with Crippen molar-refractivity contribution in [3.63, 3.8) is 0 Å². The highest BCUT2D eigenvalue weighted by molar-refractivity contribution is 7.92. The van der Waals surface area contributed by atoms with E-state index in [0.29, 0.717) is 11.5 Å². The molecular formula is C24H23NO5S. The van der Waals surface area contributed by atoms with E-state index in [0.717, 1.165) is 11.1 Å². The van der Waals surface area contributed by atoms with Gasteiger partial charge in [0.25, 0.3) is 5.91 Å². The van der Waals surface area contributed by atoms with Gasteiger partial charge in [-0.25, -0.2) is 8.42 Å². The van der Waals surface area contributed by atoms with E-state index in [2.05, 4.69) is 0 Å². The first-order valence-electron chi connectivity index (χ1n) is 9.91. The summed E-state index contributed by atoms with van der Waals surface area (Å²) in [6.07, 6.45) is 0. The summed E-state index contributed by atoms with van der Waals surface area (Å²) in [5.41, 5.74) is 2.17. The van der Waals surface area contributed by atoms with E-state index in [1.165, 1.54) is 24.1 Å². The van der Waals surface area contributed by atoms with Gasteiger partial charge in [0.15, 0.2) is 16.4 Å². The fourth-order valence-corrected chi connectivity index (χ4v) is 5.06. The molecule has 1 saturated heterocycles. The van der Waals surface area contributed by atoms with E-state index >= 15 is 0 Å². The molecule has 1 heterocycles. The highest BCUT2D eigenvalue weighted by Crippen LogP contribution is 2.26. The van der Waals surface area contributed by atoms with Crippen LogP contribution in [-0.2, 0) is 14.6 Å². The number of rotatable bonds is 7. The zero-order valence-corrected chi connectivity index (χ0v) is 17.9. The molecule has 0 unspecified atom stereocenters. The van der Waals surface area contributed by atoms with Crippen LogP contribution < -0.4 is 9.47 Å². The second-order valence-corrected chi connectivity index (χ2v) is 9.55. The second-order valence-electron chi connectivity index (χ2n) is 7.32. The minimum Gasteiger partial charge on any atom is -0.497 e. The molecule has 1 fully saturated rings. The molecule has 3 aromatic carbocycles. The molecule has 1 aliphatic heterocycles. The molecule has 0 saturated carbocycles. The van der Waals surface area contributed by atoms with Gasteiger partial charge in [0.1, 0.15) is 16.7 Å². The number of likely N-dealkylation sites (tertiary alicyclic amines) is 1. The molecule has 160 valence electrons. The van der Waals surface area contributed by atoms with Gasteiger partial charge in [-0.1, -0.05) is 42.5 Å². The third-order valence-electron chi connectivity index (χ3n) is 5.35. The van der Waals surface area contributed by atoms with Gasteiger partial charge in [-0.05, 0) is 47.5 Å². The molecule has 4 rings (SSSR count). The van der Waals surface area contributed by atoms with E-state index in [1.807, 2.05) is 54.6 Å². The highest BCUT2D eigenvalue weighted by atomic mass is 32.2. The monoisotopic (exact) mass is 437 g/mol. The summed E-state index contributed by atoms with van der Waals surface area (Å²) in [5.74, 6) is 0.961. The number of methoxy groups -OCH3 is 1. The van der Waals surface area contributed by atoms with E-state index in [1.54, 1.807) is 12.1 Å². The quantitative estimate of drug-likeness (QED) is 0.566. The number of carbonyl (C=O) groups is 1. The molecule has 7 heteroatoms. The molecule has 0 bridgehead atoms. The fourth-order valence-electron chi connectivity index (χ4n) is 3.41. The molecule has 1 aliphatic rings. The molecule has 0 N–H and O–H groups in total. The number of carbonyl (C=O) groups excluding carboxylic acids is 1. The van der Waals surface area contributed by atoms with Crippen molar-refractivity contribution in [1.82, 2.24) is 4.90 Å². The molecule has 0 aliphatic carbocycles. The molecule has 6 nitrogen and oxygen atoms in total. The Morgan fingerprint density at radius 3 is 2.06 bits per heavy atom. The Morgan fingerprint density at radius 2 is 1.45 bits per heavy atom. The van der Waals surface area contributed by atoms with Gasteiger partial charge in [0.2, 0.25) is 0 Å². The minimum atomic E-state index is -3.48. The van der Waals surface area contributed by atoms with Crippen molar-refractivity contribution in [2.24, 2.45) is 0 Å². The van der Waals surface area contributed by atoms with Crippen molar-refractivity contribution in [2.75, 3.05) is 26.8 Å². The lowest BCUT2D eigenvalue weighted by atomic mass is 10.1. The van der Waals surface area contributed by atoms with E-state index in [4.69, 9.17) is 9.47 Å². The number of benzene rings is 3. The van der Waals surface area contributed by atoms with Crippen molar-refractivity contribution >= 4 is 15.7 Å². The number of hydrogen-bond acceptors (Lipinski definition) is 5. The Kier molecular flexibility index (Phi) is 5.95. The molecule has 1 amide bonds. The van der Waals surface area contributed by atoms with Gasteiger partial charge in [-0.15, -0.1) is 0 Å². The normalized spacial score (nSPS) is 14.0. The van der Waals surface area contributed by atoms with Crippen molar-refractivity contribution in [3.05, 3.63) is 78.9 Å². The van der Waals surface area contributed by atoms with E-state index in [-0.39, 0.29) is 30.5 Å². The maximum absolute atomic E-state index is 12.7. The average Bonchev–Trinajstić information content (AvgIpc) is 2.77. The summed E-state index contributed by atoms with van der Waals surface area (Å²) in [6, 6.07) is 23.8. The molecule has 3 aromatic rings. The smallest absolute Gasteiger partial charge is 0.260 e. The van der Waals surface area contributed by atoms with Gasteiger partial charge < -0.3 is 14.4 Å². The number of nitrogens with zero attached hydrogens (tertiary/aromatic N) is 1. The second kappa shape index (κ2) is 8.81. The summed E-state index contributed by atoms with van der Waals surface area (Å²) in [5, 5.41) is -0.602. The van der Waals surface area contributed by atoms with Crippen LogP contribution in [0.1, 0.15) is 0 Å². The molecule has 0 spiro atoms. The first kappa shape index (κ1) is 20.9. The Labute approximate surface area is 182 Å². The minimum absolute atomic E-state index is 0.125. The SMILES string of the molecule is COc1ccc(S(=O)(=O)C2CN(C(=O)COc3ccc(-c4ccccc4)cc3)C2)cc1. The number of amides is 1. The summed E-state index contributed by atoms with van der Waals surface area (Å²) >= 11 is 0. The molecular weight excluding hydrogens is 414 g/mol. The van der Waals surface area contributed by atoms with E-state index < -0.39 is 15.1 Å². The summed E-state index contributed by atoms with van der Waals surface area (Å²) in [7, 11) is -1.96. The largest absolute Gasteiger partial charge is 0.497 e. The predicted octanol–water partition coefficient (Wildman–Crippen LogP) is 3.43. The van der Waals surface area contributed by atoms with Gasteiger partial charge in [0, 0.05) is 13.1 Å². The molecule has 0 aromatic heterocycles. The summed E-state index contributed by atoms with van der Waals surface area (Å²) < 4.78 is 36.1. The van der Waals surface area contributed by atoms with Crippen LogP contribution in [-0.4, -0.2) is 51.3 Å². The van der Waals surface area contributed by atoms with Gasteiger partial charge in [-0.3, -0.25) is 4.79 Å². The van der Waals surface area contributed by atoms with Crippen molar-refractivity contribution < 1.29 is 22.7 Å². The van der Waals surface area contributed by atoms with Crippen LogP contribution >= 0.6 is 0 Å². The van der Waals surface area contributed by atoms with Gasteiger partial charge in [-0.2, -0.15) is 0 Å². The Balaban J connectivity index is 1.29. The Bertz CT molecular complexity index is 1140. The van der Waals surface area contributed by atoms with Crippen molar-refractivity contribution in [3.8, 4) is 22.6 Å². The zero-order valence-electron chi connectivity index (χ0n) is 17.1. The maximum atomic E-state index is 12.7. The Morgan fingerprint density at radius 1 is 0.871 bits per heavy atom.